The Bertz CT molecular complexity index is 713. The zero-order valence-corrected chi connectivity index (χ0v) is 14.4. The molecule has 0 spiro atoms. The van der Waals surface area contributed by atoms with Crippen molar-refractivity contribution in [2.75, 3.05) is 31.5 Å². The van der Waals surface area contributed by atoms with Crippen molar-refractivity contribution in [3.8, 4) is 0 Å². The summed E-state index contributed by atoms with van der Waals surface area (Å²) >= 11 is 0. The second kappa shape index (κ2) is 7.00. The number of aryl methyl sites for hydroxylation is 2. The number of hydrogen-bond acceptors (Lipinski definition) is 4. The fourth-order valence-electron chi connectivity index (χ4n) is 3.12. The Balaban J connectivity index is 1.74. The highest BCUT2D eigenvalue weighted by Gasteiger charge is 2.32. The molecule has 1 N–H and O–H groups in total. The molecule has 0 aromatic carbocycles. The standard InChI is InChI=1S/C17H24N6O/c1-4-22-9-10-23(12-15(22)16-19-7-8-21(16)3)17(24)20-14-11-18-6-5-13(14)2/h5-8,11,15H,4,9-10,12H2,1-3H3,(H,20,24)/t15-/m1/s1. The van der Waals surface area contributed by atoms with E-state index in [9.17, 15) is 4.79 Å². The molecule has 3 rings (SSSR count). The molecule has 1 saturated heterocycles. The lowest BCUT2D eigenvalue weighted by Gasteiger charge is -2.40. The summed E-state index contributed by atoms with van der Waals surface area (Å²) in [6.45, 7) is 7.22. The maximum Gasteiger partial charge on any atom is 0.322 e. The van der Waals surface area contributed by atoms with Gasteiger partial charge in [-0.1, -0.05) is 6.92 Å². The van der Waals surface area contributed by atoms with Gasteiger partial charge in [-0.05, 0) is 25.1 Å². The van der Waals surface area contributed by atoms with Crippen LogP contribution in [0.4, 0.5) is 10.5 Å². The largest absolute Gasteiger partial charge is 0.337 e. The van der Waals surface area contributed by atoms with Crippen LogP contribution in [0.2, 0.25) is 0 Å². The minimum Gasteiger partial charge on any atom is -0.337 e. The number of nitrogens with one attached hydrogen (secondary N) is 1. The molecular weight excluding hydrogens is 304 g/mol. The number of urea groups is 1. The van der Waals surface area contributed by atoms with Gasteiger partial charge in [-0.2, -0.15) is 0 Å². The second-order valence-corrected chi connectivity index (χ2v) is 6.11. The quantitative estimate of drug-likeness (QED) is 0.936. The SMILES string of the molecule is CCN1CCN(C(=O)Nc2cnccc2C)C[C@@H]1c1nccn1C. The van der Waals surface area contributed by atoms with Crippen molar-refractivity contribution in [1.82, 2.24) is 24.3 Å². The Hall–Kier alpha value is -2.41. The van der Waals surface area contributed by atoms with E-state index >= 15 is 0 Å². The Morgan fingerprint density at radius 2 is 2.21 bits per heavy atom. The second-order valence-electron chi connectivity index (χ2n) is 6.11. The van der Waals surface area contributed by atoms with Crippen molar-refractivity contribution in [3.05, 3.63) is 42.2 Å². The summed E-state index contributed by atoms with van der Waals surface area (Å²) in [5, 5.41) is 2.97. The first-order chi connectivity index (χ1) is 11.6. The molecule has 7 heteroatoms. The van der Waals surface area contributed by atoms with E-state index in [2.05, 4.69) is 27.1 Å². The molecule has 1 fully saturated rings. The van der Waals surface area contributed by atoms with Crippen molar-refractivity contribution in [2.45, 2.75) is 19.9 Å². The highest BCUT2D eigenvalue weighted by Crippen LogP contribution is 2.24. The lowest BCUT2D eigenvalue weighted by molar-refractivity contribution is 0.0927. The Morgan fingerprint density at radius 1 is 1.38 bits per heavy atom. The van der Waals surface area contributed by atoms with Gasteiger partial charge >= 0.3 is 6.03 Å². The number of imidazole rings is 1. The predicted molar refractivity (Wildman–Crippen MR) is 92.8 cm³/mol. The molecular formula is C17H24N6O. The molecule has 7 nitrogen and oxygen atoms in total. The average Bonchev–Trinajstić information content (AvgIpc) is 3.02. The summed E-state index contributed by atoms with van der Waals surface area (Å²) in [5.74, 6) is 0.993. The number of pyridine rings is 1. The molecule has 3 heterocycles. The Kier molecular flexibility index (Phi) is 4.80. The number of piperazine rings is 1. The number of anilines is 1. The number of hydrogen-bond donors (Lipinski definition) is 1. The number of nitrogens with zero attached hydrogens (tertiary/aromatic N) is 5. The number of amides is 2. The number of aromatic nitrogens is 3. The monoisotopic (exact) mass is 328 g/mol. The molecule has 2 amide bonds. The van der Waals surface area contributed by atoms with Crippen LogP contribution < -0.4 is 5.32 Å². The average molecular weight is 328 g/mol. The van der Waals surface area contributed by atoms with E-state index in [4.69, 9.17) is 0 Å². The fourth-order valence-corrected chi connectivity index (χ4v) is 3.12. The third-order valence-electron chi connectivity index (χ3n) is 4.62. The zero-order valence-electron chi connectivity index (χ0n) is 14.4. The van der Waals surface area contributed by atoms with Crippen molar-refractivity contribution in [3.63, 3.8) is 0 Å². The zero-order chi connectivity index (χ0) is 17.1. The normalized spacial score (nSPS) is 18.6. The maximum atomic E-state index is 12.7. The van der Waals surface area contributed by atoms with Crippen LogP contribution in [0.25, 0.3) is 0 Å². The van der Waals surface area contributed by atoms with E-state index in [1.807, 2.05) is 35.7 Å². The smallest absolute Gasteiger partial charge is 0.322 e. The van der Waals surface area contributed by atoms with E-state index in [-0.39, 0.29) is 12.1 Å². The number of rotatable bonds is 3. The molecule has 0 bridgehead atoms. The third-order valence-corrected chi connectivity index (χ3v) is 4.62. The van der Waals surface area contributed by atoms with Crippen molar-refractivity contribution in [2.24, 2.45) is 7.05 Å². The first kappa shape index (κ1) is 16.4. The van der Waals surface area contributed by atoms with Crippen LogP contribution in [-0.4, -0.2) is 56.5 Å². The first-order valence-corrected chi connectivity index (χ1v) is 8.28. The molecule has 128 valence electrons. The molecule has 1 atom stereocenters. The van der Waals surface area contributed by atoms with Gasteiger partial charge in [-0.15, -0.1) is 0 Å². The van der Waals surface area contributed by atoms with Crippen LogP contribution in [0.3, 0.4) is 0 Å². The molecule has 1 aliphatic rings. The van der Waals surface area contributed by atoms with Gasteiger partial charge < -0.3 is 14.8 Å². The van der Waals surface area contributed by atoms with Crippen molar-refractivity contribution in [1.29, 1.82) is 0 Å². The van der Waals surface area contributed by atoms with E-state index in [1.54, 1.807) is 18.6 Å². The van der Waals surface area contributed by atoms with Gasteiger partial charge in [-0.25, -0.2) is 9.78 Å². The lowest BCUT2D eigenvalue weighted by Crippen LogP contribution is -2.52. The van der Waals surface area contributed by atoms with E-state index in [1.165, 1.54) is 0 Å². The molecule has 0 radical (unpaired) electrons. The summed E-state index contributed by atoms with van der Waals surface area (Å²) in [7, 11) is 1.99. The summed E-state index contributed by atoms with van der Waals surface area (Å²) in [6.07, 6.45) is 7.16. The van der Waals surface area contributed by atoms with Gasteiger partial charge in [0, 0.05) is 45.3 Å². The lowest BCUT2D eigenvalue weighted by atomic mass is 10.1. The van der Waals surface area contributed by atoms with Crippen LogP contribution in [-0.2, 0) is 7.05 Å². The van der Waals surface area contributed by atoms with E-state index in [0.717, 1.165) is 30.2 Å². The van der Waals surface area contributed by atoms with Gasteiger partial charge in [0.15, 0.2) is 0 Å². The molecule has 2 aromatic heterocycles. The molecule has 1 aliphatic heterocycles. The van der Waals surface area contributed by atoms with Crippen LogP contribution in [0.5, 0.6) is 0 Å². The predicted octanol–water partition coefficient (Wildman–Crippen LogP) is 2.03. The van der Waals surface area contributed by atoms with Gasteiger partial charge in [0.25, 0.3) is 0 Å². The topological polar surface area (TPSA) is 66.3 Å². The molecule has 2 aromatic rings. The van der Waals surface area contributed by atoms with Crippen LogP contribution in [0.1, 0.15) is 24.4 Å². The maximum absolute atomic E-state index is 12.7. The summed E-state index contributed by atoms with van der Waals surface area (Å²) in [5.41, 5.74) is 1.76. The molecule has 0 saturated carbocycles. The first-order valence-electron chi connectivity index (χ1n) is 8.28. The van der Waals surface area contributed by atoms with Crippen LogP contribution in [0, 0.1) is 6.92 Å². The summed E-state index contributed by atoms with van der Waals surface area (Å²) in [4.78, 5) is 25.4. The van der Waals surface area contributed by atoms with Gasteiger partial charge in [0.2, 0.25) is 0 Å². The number of carbonyl (C=O) groups is 1. The minimum absolute atomic E-state index is 0.0823. The number of carbonyl (C=O) groups excluding carboxylic acids is 1. The highest BCUT2D eigenvalue weighted by atomic mass is 16.2. The van der Waals surface area contributed by atoms with Crippen molar-refractivity contribution < 1.29 is 4.79 Å². The Morgan fingerprint density at radius 3 is 2.88 bits per heavy atom. The minimum atomic E-state index is -0.0823. The van der Waals surface area contributed by atoms with Gasteiger partial charge in [-0.3, -0.25) is 9.88 Å². The van der Waals surface area contributed by atoms with E-state index in [0.29, 0.717) is 13.1 Å². The van der Waals surface area contributed by atoms with Gasteiger partial charge in [0.05, 0.1) is 17.9 Å². The van der Waals surface area contributed by atoms with Crippen LogP contribution >= 0.6 is 0 Å². The summed E-state index contributed by atoms with van der Waals surface area (Å²) in [6, 6.07) is 1.92. The molecule has 0 unspecified atom stereocenters. The van der Waals surface area contributed by atoms with E-state index < -0.39 is 0 Å². The van der Waals surface area contributed by atoms with Gasteiger partial charge in [0.1, 0.15) is 5.82 Å². The summed E-state index contributed by atoms with van der Waals surface area (Å²) < 4.78 is 2.03. The number of likely N-dealkylation sites (N-methyl/N-ethyl adjacent to an activating group) is 1. The highest BCUT2D eigenvalue weighted by molar-refractivity contribution is 5.90. The molecule has 0 aliphatic carbocycles. The fraction of sp³-hybridized carbons (Fsp3) is 0.471. The van der Waals surface area contributed by atoms with Crippen LogP contribution in [0.15, 0.2) is 30.9 Å². The Labute approximate surface area is 142 Å². The molecule has 24 heavy (non-hydrogen) atoms. The third kappa shape index (κ3) is 3.26. The van der Waals surface area contributed by atoms with Crippen molar-refractivity contribution >= 4 is 11.7 Å².